The van der Waals surface area contributed by atoms with Crippen molar-refractivity contribution < 1.29 is 67.4 Å². The van der Waals surface area contributed by atoms with Crippen LogP contribution in [0.15, 0.2) is 47.9 Å². The molecule has 214 valence electrons. The number of amides is 1. The third-order valence-corrected chi connectivity index (χ3v) is 10.3. The van der Waals surface area contributed by atoms with Gasteiger partial charge in [0, 0.05) is 34.2 Å². The van der Waals surface area contributed by atoms with E-state index in [1.165, 1.54) is 24.3 Å². The van der Waals surface area contributed by atoms with E-state index in [2.05, 4.69) is 15.1 Å². The summed E-state index contributed by atoms with van der Waals surface area (Å²) in [6.07, 6.45) is 0. The number of carboxylic acids is 1. The summed E-state index contributed by atoms with van der Waals surface area (Å²) in [5.74, 6) is -7.54. The molecular formula is C23H15F3N5NaO6S4. The van der Waals surface area contributed by atoms with E-state index in [-0.39, 0.29) is 77.6 Å². The number of carbonyl (C=O) groups is 2. The van der Waals surface area contributed by atoms with Crippen LogP contribution in [-0.4, -0.2) is 68.5 Å². The largest absolute Gasteiger partial charge is 1.00 e. The molecule has 4 heterocycles. The quantitative estimate of drug-likeness (QED) is 0.0594. The molecule has 1 saturated heterocycles. The molecule has 0 unspecified atom stereocenters. The van der Waals surface area contributed by atoms with Crippen molar-refractivity contribution in [2.45, 2.75) is 15.6 Å². The average Bonchev–Trinajstić information content (AvgIpc) is 3.37. The van der Waals surface area contributed by atoms with E-state index in [1.807, 2.05) is 0 Å². The molecule has 2 aromatic heterocycles. The second kappa shape index (κ2) is 12.9. The Bertz CT molecular complexity index is 1760. The molecule has 2 aliphatic heterocycles. The fraction of sp³-hybridized carbons (Fsp3) is 0.217. The van der Waals surface area contributed by atoms with Crippen molar-refractivity contribution in [1.29, 1.82) is 0 Å². The van der Waals surface area contributed by atoms with E-state index in [1.54, 1.807) is 0 Å². The molecule has 19 heteroatoms. The predicted octanol–water partition coefficient (Wildman–Crippen LogP) is -0.754. The van der Waals surface area contributed by atoms with Gasteiger partial charge in [-0.2, -0.15) is 0 Å². The second-order valence-corrected chi connectivity index (χ2v) is 12.6. The first kappa shape index (κ1) is 32.3. The van der Waals surface area contributed by atoms with Gasteiger partial charge in [-0.25, -0.2) is 22.9 Å². The van der Waals surface area contributed by atoms with Crippen molar-refractivity contribution in [1.82, 2.24) is 9.88 Å². The van der Waals surface area contributed by atoms with E-state index in [0.29, 0.717) is 23.0 Å². The number of carbonyl (C=O) groups excluding carboxylic acids is 1. The smallest absolute Gasteiger partial charge is 0.857 e. The van der Waals surface area contributed by atoms with Crippen molar-refractivity contribution in [3.63, 3.8) is 0 Å². The number of thiazole rings is 1. The summed E-state index contributed by atoms with van der Waals surface area (Å²) in [7, 11) is 1.21. The monoisotopic (exact) mass is 665 g/mol. The number of carboxylic acid groups (broad SMARTS) is 1. The normalized spacial score (nSPS) is 19.0. The Morgan fingerprint density at radius 1 is 1.31 bits per heavy atom. The number of nitrogens with two attached hydrogens (primary N) is 1. The Balaban J connectivity index is 0.00000405. The van der Waals surface area contributed by atoms with Gasteiger partial charge in [-0.15, -0.1) is 46.2 Å². The third kappa shape index (κ3) is 5.93. The molecule has 42 heavy (non-hydrogen) atoms. The van der Waals surface area contributed by atoms with Crippen LogP contribution < -0.4 is 45.8 Å². The first-order valence-corrected chi connectivity index (χ1v) is 15.0. The Labute approximate surface area is 272 Å². The van der Waals surface area contributed by atoms with Gasteiger partial charge >= 0.3 is 35.5 Å². The molecule has 2 atom stereocenters. The van der Waals surface area contributed by atoms with Crippen LogP contribution in [0.1, 0.15) is 5.69 Å². The average molecular weight is 666 g/mol. The van der Waals surface area contributed by atoms with Gasteiger partial charge < -0.3 is 20.8 Å². The van der Waals surface area contributed by atoms with Crippen molar-refractivity contribution in [3.05, 3.63) is 62.2 Å². The maximum absolute atomic E-state index is 14.3. The number of aromatic nitrogens is 1. The summed E-state index contributed by atoms with van der Waals surface area (Å²) in [6.45, 7) is 0. The Kier molecular flexibility index (Phi) is 9.96. The fourth-order valence-corrected chi connectivity index (χ4v) is 8.27. The maximum Gasteiger partial charge on any atom is 1.00 e. The molecule has 1 amide bonds. The van der Waals surface area contributed by atoms with E-state index >= 15 is 0 Å². The summed E-state index contributed by atoms with van der Waals surface area (Å²) in [5, 5.41) is 26.9. The number of aliphatic imine (C=N–C) groups is 1. The summed E-state index contributed by atoms with van der Waals surface area (Å²) < 4.78 is 41.5. The first-order valence-electron chi connectivity index (χ1n) is 11.2. The number of hydrogen-bond acceptors (Lipinski definition) is 13. The third-order valence-electron chi connectivity index (χ3n) is 5.85. The van der Waals surface area contributed by atoms with E-state index in [4.69, 9.17) is 10.6 Å². The zero-order valence-electron chi connectivity index (χ0n) is 21.4. The molecule has 5 rings (SSSR count). The predicted molar refractivity (Wildman–Crippen MR) is 148 cm³/mol. The van der Waals surface area contributed by atoms with Crippen molar-refractivity contribution in [2.24, 2.45) is 10.1 Å². The molecule has 0 saturated carbocycles. The molecule has 1 fully saturated rings. The van der Waals surface area contributed by atoms with E-state index in [0.717, 1.165) is 34.1 Å². The number of β-lactam (4-membered cyclic amide) rings is 1. The van der Waals surface area contributed by atoms with Crippen LogP contribution in [0, 0.1) is 17.5 Å². The molecule has 3 aromatic rings. The van der Waals surface area contributed by atoms with Crippen LogP contribution in [0.4, 0.5) is 18.3 Å². The topological polar surface area (TPSA) is 171 Å². The Hall–Kier alpha value is -2.61. The second-order valence-electron chi connectivity index (χ2n) is 8.32. The van der Waals surface area contributed by atoms with Crippen LogP contribution in [-0.2, 0) is 14.4 Å². The standard InChI is InChI=1S/C23H16F3N5O6S4.Na/c1-37-30-15(10-6-40-23(27)28-10)19(33)29-16-20(34)31-17(22(35)36)7(5-39-21(16)31)4-38-12-3-11(32)8-2-9(24)13(25)14(26)18(8)41-12;/h2-3,6,16,21H,4-5H2,1H3,(H2,27,28)(H,29,33)(H,35,36);/q;+1/p-1/b30-15+;/t16-,21-;/m1./s1. The van der Waals surface area contributed by atoms with E-state index in [9.17, 15) is 37.8 Å². The zero-order chi connectivity index (χ0) is 29.6. The summed E-state index contributed by atoms with van der Waals surface area (Å²) in [6, 6.07) is 0.568. The van der Waals surface area contributed by atoms with Gasteiger partial charge in [-0.05, 0) is 11.6 Å². The minimum Gasteiger partial charge on any atom is -0.857 e. The number of oxime groups is 1. The molecule has 0 radical (unpaired) electrons. The molecule has 2 aliphatic rings. The number of thioether (sulfide) groups is 2. The van der Waals surface area contributed by atoms with Crippen LogP contribution >= 0.6 is 46.2 Å². The SMILES string of the molecule is CO/N=C(/C([O-])=N[C@@H]1C(=O)N2C(C(=O)O)=C(CSc3cc(=O)c4cc(F)c(F)c(F)c4s3)CS[C@H]12)c1csc(N)n1.[Na+]. The zero-order valence-corrected chi connectivity index (χ0v) is 26.7. The summed E-state index contributed by atoms with van der Waals surface area (Å²) >= 11 is 3.94. The molecule has 0 aliphatic carbocycles. The van der Waals surface area contributed by atoms with Gasteiger partial charge in [0.1, 0.15) is 29.6 Å². The Morgan fingerprint density at radius 2 is 2.05 bits per heavy atom. The number of aliphatic carboxylic acids is 1. The first-order chi connectivity index (χ1) is 19.5. The molecule has 11 nitrogen and oxygen atoms in total. The van der Waals surface area contributed by atoms with Crippen molar-refractivity contribution in [2.75, 3.05) is 24.3 Å². The minimum atomic E-state index is -1.70. The molecule has 1 aromatic carbocycles. The summed E-state index contributed by atoms with van der Waals surface area (Å²) in [4.78, 5) is 51.2. The number of anilines is 1. The van der Waals surface area contributed by atoms with Gasteiger partial charge in [-0.1, -0.05) is 5.16 Å². The van der Waals surface area contributed by atoms with Gasteiger partial charge in [0.25, 0.3) is 5.91 Å². The number of hydrogen-bond donors (Lipinski definition) is 2. The number of nitrogen functional groups attached to an aromatic ring is 1. The molecule has 3 N–H and O–H groups in total. The number of benzene rings is 1. The number of fused-ring (bicyclic) bond motifs is 2. The van der Waals surface area contributed by atoms with Gasteiger partial charge in [0.2, 0.25) is 0 Å². The van der Waals surface area contributed by atoms with Gasteiger partial charge in [0.05, 0.1) is 8.91 Å². The van der Waals surface area contributed by atoms with Gasteiger partial charge in [-0.3, -0.25) is 19.5 Å². The van der Waals surface area contributed by atoms with Crippen molar-refractivity contribution >= 4 is 84.9 Å². The van der Waals surface area contributed by atoms with Crippen LogP contribution in [0.2, 0.25) is 0 Å². The molecular weight excluding hydrogens is 651 g/mol. The molecule has 0 spiro atoms. The maximum atomic E-state index is 14.3. The van der Waals surface area contributed by atoms with Crippen molar-refractivity contribution in [3.8, 4) is 0 Å². The van der Waals surface area contributed by atoms with Crippen LogP contribution in [0.3, 0.4) is 0 Å². The fourth-order valence-electron chi connectivity index (χ4n) is 4.04. The van der Waals surface area contributed by atoms with Crippen LogP contribution in [0.25, 0.3) is 10.1 Å². The van der Waals surface area contributed by atoms with E-state index < -0.39 is 52.1 Å². The number of rotatable bonds is 8. The van der Waals surface area contributed by atoms with Crippen LogP contribution in [0.5, 0.6) is 0 Å². The Morgan fingerprint density at radius 3 is 2.69 bits per heavy atom. The summed E-state index contributed by atoms with van der Waals surface area (Å²) in [5.41, 5.74) is 4.75. The molecule has 0 bridgehead atoms. The number of nitrogens with zero attached hydrogens (tertiary/aromatic N) is 4. The van der Waals surface area contributed by atoms with Gasteiger partial charge in [0.15, 0.2) is 34.1 Å². The number of halogens is 3. The minimum absolute atomic E-state index is 0.